The summed E-state index contributed by atoms with van der Waals surface area (Å²) in [5.74, 6) is 0.114. The Morgan fingerprint density at radius 1 is 1.26 bits per heavy atom. The molecule has 0 aromatic rings. The van der Waals surface area contributed by atoms with Crippen LogP contribution in [0.2, 0.25) is 0 Å². The van der Waals surface area contributed by atoms with Crippen molar-refractivity contribution in [3.8, 4) is 0 Å². The van der Waals surface area contributed by atoms with Gasteiger partial charge in [0.2, 0.25) is 11.8 Å². The van der Waals surface area contributed by atoms with Crippen molar-refractivity contribution in [3.63, 3.8) is 0 Å². The Labute approximate surface area is 116 Å². The summed E-state index contributed by atoms with van der Waals surface area (Å²) < 4.78 is 0. The molecule has 0 saturated carbocycles. The van der Waals surface area contributed by atoms with Gasteiger partial charge in [0, 0.05) is 6.54 Å². The fourth-order valence-corrected chi connectivity index (χ4v) is 2.42. The molecule has 1 aliphatic heterocycles. The van der Waals surface area contributed by atoms with E-state index in [0.29, 0.717) is 6.54 Å². The number of nitrogens with zero attached hydrogens (tertiary/aromatic N) is 1. The highest BCUT2D eigenvalue weighted by Crippen LogP contribution is 2.26. The standard InChI is InChI=1S/C15H28N2O2/c1-10(2)11-12(18)16-15(6,7)13(19)17(11)9-8-14(3,4)5/h10-11H,8-9H2,1-7H3,(H,16,18). The zero-order valence-electron chi connectivity index (χ0n) is 13.3. The lowest BCUT2D eigenvalue weighted by Crippen LogP contribution is -2.69. The first-order chi connectivity index (χ1) is 8.46. The summed E-state index contributed by atoms with van der Waals surface area (Å²) in [6, 6.07) is -0.345. The predicted molar refractivity (Wildman–Crippen MR) is 76.6 cm³/mol. The monoisotopic (exact) mass is 268 g/mol. The molecular weight excluding hydrogens is 240 g/mol. The lowest BCUT2D eigenvalue weighted by Gasteiger charge is -2.45. The molecule has 1 N–H and O–H groups in total. The molecule has 19 heavy (non-hydrogen) atoms. The number of nitrogens with one attached hydrogen (secondary N) is 1. The molecule has 0 aliphatic carbocycles. The molecule has 0 aromatic carbocycles. The van der Waals surface area contributed by atoms with Crippen LogP contribution in [-0.4, -0.2) is 34.8 Å². The van der Waals surface area contributed by atoms with E-state index < -0.39 is 5.54 Å². The quantitative estimate of drug-likeness (QED) is 0.853. The Balaban J connectivity index is 2.97. The maximum atomic E-state index is 12.5. The van der Waals surface area contributed by atoms with E-state index in [1.165, 1.54) is 0 Å². The molecule has 1 atom stereocenters. The summed E-state index contributed by atoms with van der Waals surface area (Å²) in [5.41, 5.74) is -0.639. The van der Waals surface area contributed by atoms with Crippen molar-refractivity contribution >= 4 is 11.8 Å². The van der Waals surface area contributed by atoms with Crippen LogP contribution < -0.4 is 5.32 Å². The number of hydrogen-bond acceptors (Lipinski definition) is 2. The third-order valence-corrected chi connectivity index (χ3v) is 3.57. The Kier molecular flexibility index (Phi) is 4.33. The van der Waals surface area contributed by atoms with Gasteiger partial charge in [-0.3, -0.25) is 9.59 Å². The molecule has 0 aromatic heterocycles. The fraction of sp³-hybridized carbons (Fsp3) is 0.867. The first kappa shape index (κ1) is 16.0. The minimum atomic E-state index is -0.791. The van der Waals surface area contributed by atoms with E-state index in [4.69, 9.17) is 0 Å². The molecule has 4 nitrogen and oxygen atoms in total. The molecule has 0 spiro atoms. The second-order valence-electron chi connectivity index (χ2n) is 7.61. The van der Waals surface area contributed by atoms with Crippen LogP contribution >= 0.6 is 0 Å². The Morgan fingerprint density at radius 3 is 2.21 bits per heavy atom. The van der Waals surface area contributed by atoms with Gasteiger partial charge in [0.15, 0.2) is 0 Å². The van der Waals surface area contributed by atoms with Crippen molar-refractivity contribution in [2.24, 2.45) is 11.3 Å². The Bertz CT molecular complexity index is 367. The van der Waals surface area contributed by atoms with Gasteiger partial charge in [0.05, 0.1) is 0 Å². The van der Waals surface area contributed by atoms with Crippen molar-refractivity contribution in [3.05, 3.63) is 0 Å². The van der Waals surface area contributed by atoms with Crippen LogP contribution in [0.3, 0.4) is 0 Å². The lowest BCUT2D eigenvalue weighted by atomic mass is 9.88. The third-order valence-electron chi connectivity index (χ3n) is 3.57. The topological polar surface area (TPSA) is 49.4 Å². The minimum absolute atomic E-state index is 0.0232. The summed E-state index contributed by atoms with van der Waals surface area (Å²) in [6.45, 7) is 14.6. The van der Waals surface area contributed by atoms with Crippen LogP contribution in [0.25, 0.3) is 0 Å². The van der Waals surface area contributed by atoms with Crippen LogP contribution in [0, 0.1) is 11.3 Å². The van der Waals surface area contributed by atoms with Crippen LogP contribution in [-0.2, 0) is 9.59 Å². The van der Waals surface area contributed by atoms with Crippen molar-refractivity contribution in [1.82, 2.24) is 10.2 Å². The Hall–Kier alpha value is -1.06. The average molecular weight is 268 g/mol. The molecule has 1 saturated heterocycles. The lowest BCUT2D eigenvalue weighted by molar-refractivity contribution is -0.155. The second kappa shape index (κ2) is 5.14. The van der Waals surface area contributed by atoms with Gasteiger partial charge in [-0.15, -0.1) is 0 Å². The van der Waals surface area contributed by atoms with Crippen molar-refractivity contribution in [1.29, 1.82) is 0 Å². The minimum Gasteiger partial charge on any atom is -0.340 e. The van der Waals surface area contributed by atoms with Crippen LogP contribution in [0.1, 0.15) is 54.9 Å². The van der Waals surface area contributed by atoms with E-state index in [-0.39, 0.29) is 29.2 Å². The van der Waals surface area contributed by atoms with Gasteiger partial charge in [0.25, 0.3) is 0 Å². The summed E-state index contributed by atoms with van der Waals surface area (Å²) >= 11 is 0. The van der Waals surface area contributed by atoms with Crippen LogP contribution in [0.4, 0.5) is 0 Å². The van der Waals surface area contributed by atoms with Crippen molar-refractivity contribution in [2.45, 2.75) is 66.5 Å². The molecule has 110 valence electrons. The van der Waals surface area contributed by atoms with E-state index in [9.17, 15) is 9.59 Å². The smallest absolute Gasteiger partial charge is 0.248 e. The largest absolute Gasteiger partial charge is 0.340 e. The van der Waals surface area contributed by atoms with Gasteiger partial charge in [-0.25, -0.2) is 0 Å². The zero-order chi connectivity index (χ0) is 15.0. The van der Waals surface area contributed by atoms with Crippen molar-refractivity contribution in [2.75, 3.05) is 6.54 Å². The van der Waals surface area contributed by atoms with Gasteiger partial charge < -0.3 is 10.2 Å². The summed E-state index contributed by atoms with van der Waals surface area (Å²) in [4.78, 5) is 26.5. The highest BCUT2D eigenvalue weighted by Gasteiger charge is 2.46. The molecule has 2 amide bonds. The van der Waals surface area contributed by atoms with Gasteiger partial charge in [-0.2, -0.15) is 0 Å². The maximum absolute atomic E-state index is 12.5. The fourth-order valence-electron chi connectivity index (χ4n) is 2.42. The number of amides is 2. The molecule has 0 radical (unpaired) electrons. The number of hydrogen-bond donors (Lipinski definition) is 1. The number of carbonyl (C=O) groups is 2. The van der Waals surface area contributed by atoms with Gasteiger partial charge >= 0.3 is 0 Å². The van der Waals surface area contributed by atoms with Crippen molar-refractivity contribution < 1.29 is 9.59 Å². The zero-order valence-corrected chi connectivity index (χ0v) is 13.3. The SMILES string of the molecule is CC(C)C1C(=O)NC(C)(C)C(=O)N1CCC(C)(C)C. The normalized spacial score (nSPS) is 23.8. The molecule has 1 rings (SSSR count). The van der Waals surface area contributed by atoms with Crippen LogP contribution in [0.5, 0.6) is 0 Å². The van der Waals surface area contributed by atoms with Crippen LogP contribution in [0.15, 0.2) is 0 Å². The van der Waals surface area contributed by atoms with E-state index in [1.807, 2.05) is 13.8 Å². The first-order valence-corrected chi connectivity index (χ1v) is 7.09. The predicted octanol–water partition coefficient (Wildman–Crippen LogP) is 2.18. The molecular formula is C15H28N2O2. The maximum Gasteiger partial charge on any atom is 0.248 e. The first-order valence-electron chi connectivity index (χ1n) is 7.09. The summed E-state index contributed by atoms with van der Waals surface area (Å²) in [5, 5.41) is 2.83. The Morgan fingerprint density at radius 2 is 1.79 bits per heavy atom. The molecule has 1 aliphatic rings. The van der Waals surface area contributed by atoms with E-state index in [0.717, 1.165) is 6.42 Å². The number of piperazine rings is 1. The molecule has 4 heteroatoms. The second-order valence-corrected chi connectivity index (χ2v) is 7.61. The molecule has 1 heterocycles. The number of rotatable bonds is 3. The third kappa shape index (κ3) is 3.71. The molecule has 0 bridgehead atoms. The molecule has 1 fully saturated rings. The number of carbonyl (C=O) groups excluding carboxylic acids is 2. The highest BCUT2D eigenvalue weighted by molar-refractivity contribution is 5.99. The summed E-state index contributed by atoms with van der Waals surface area (Å²) in [6.07, 6.45) is 0.894. The highest BCUT2D eigenvalue weighted by atomic mass is 16.2. The van der Waals surface area contributed by atoms with E-state index in [2.05, 4.69) is 26.1 Å². The van der Waals surface area contributed by atoms with Gasteiger partial charge in [0.1, 0.15) is 11.6 Å². The van der Waals surface area contributed by atoms with Gasteiger partial charge in [-0.05, 0) is 31.6 Å². The van der Waals surface area contributed by atoms with E-state index in [1.54, 1.807) is 18.7 Å². The average Bonchev–Trinajstić information content (AvgIpc) is 2.18. The van der Waals surface area contributed by atoms with Gasteiger partial charge in [-0.1, -0.05) is 34.6 Å². The van der Waals surface area contributed by atoms with E-state index >= 15 is 0 Å². The summed E-state index contributed by atoms with van der Waals surface area (Å²) in [7, 11) is 0. The molecule has 1 unspecified atom stereocenters.